The predicted molar refractivity (Wildman–Crippen MR) is 127 cm³/mol. The number of Topliss-reactive ketones (excluding diaryl/α,β-unsaturated/α-hetero) is 1. The minimum absolute atomic E-state index is 0.00869. The van der Waals surface area contributed by atoms with Crippen molar-refractivity contribution in [1.29, 1.82) is 0 Å². The highest BCUT2D eigenvalue weighted by atomic mass is 16.6. The second kappa shape index (κ2) is 9.50. The number of hydrogen-bond donors (Lipinski definition) is 1. The van der Waals surface area contributed by atoms with Gasteiger partial charge in [-0.15, -0.1) is 0 Å². The average molecular weight is 472 g/mol. The maximum Gasteiger partial charge on any atom is 0.295 e. The molecule has 5 rings (SSSR count). The molecule has 1 saturated heterocycles. The van der Waals surface area contributed by atoms with E-state index in [2.05, 4.69) is 4.98 Å². The molecule has 0 saturated carbocycles. The molecule has 1 aromatic heterocycles. The Morgan fingerprint density at radius 3 is 2.60 bits per heavy atom. The van der Waals surface area contributed by atoms with Gasteiger partial charge >= 0.3 is 0 Å². The van der Waals surface area contributed by atoms with Crippen molar-refractivity contribution in [3.63, 3.8) is 0 Å². The highest BCUT2D eigenvalue weighted by Crippen LogP contribution is 2.42. The summed E-state index contributed by atoms with van der Waals surface area (Å²) in [4.78, 5) is 32.0. The number of ketones is 1. The second-order valence-corrected chi connectivity index (χ2v) is 8.15. The van der Waals surface area contributed by atoms with Crippen LogP contribution < -0.4 is 14.2 Å². The largest absolute Gasteiger partial charge is 0.507 e. The van der Waals surface area contributed by atoms with E-state index in [9.17, 15) is 14.7 Å². The normalized spacial score (nSPS) is 18.5. The third-order valence-corrected chi connectivity index (χ3v) is 5.94. The first-order chi connectivity index (χ1) is 17.1. The van der Waals surface area contributed by atoms with Crippen LogP contribution in [0.1, 0.15) is 29.7 Å². The Kier molecular flexibility index (Phi) is 6.10. The fourth-order valence-corrected chi connectivity index (χ4v) is 4.36. The Morgan fingerprint density at radius 2 is 1.83 bits per heavy atom. The molecule has 8 heteroatoms. The quantitative estimate of drug-likeness (QED) is 0.330. The number of rotatable bonds is 6. The fourth-order valence-electron chi connectivity index (χ4n) is 4.36. The van der Waals surface area contributed by atoms with Gasteiger partial charge in [-0.25, -0.2) is 0 Å². The van der Waals surface area contributed by atoms with Crippen molar-refractivity contribution in [2.75, 3.05) is 19.8 Å². The Morgan fingerprint density at radius 1 is 1.06 bits per heavy atom. The Labute approximate surface area is 202 Å². The van der Waals surface area contributed by atoms with Gasteiger partial charge in [0.2, 0.25) is 0 Å². The summed E-state index contributed by atoms with van der Waals surface area (Å²) in [7, 11) is 0. The van der Waals surface area contributed by atoms with E-state index in [0.717, 1.165) is 5.56 Å². The van der Waals surface area contributed by atoms with E-state index in [-0.39, 0.29) is 17.9 Å². The van der Waals surface area contributed by atoms with Crippen LogP contribution >= 0.6 is 0 Å². The number of fused-ring (bicyclic) bond motifs is 1. The molecule has 0 bridgehead atoms. The van der Waals surface area contributed by atoms with Gasteiger partial charge in [-0.05, 0) is 60.5 Å². The maximum atomic E-state index is 13.3. The van der Waals surface area contributed by atoms with Gasteiger partial charge in [0.1, 0.15) is 24.7 Å². The summed E-state index contributed by atoms with van der Waals surface area (Å²) in [5.74, 6) is -0.0673. The van der Waals surface area contributed by atoms with Crippen molar-refractivity contribution in [1.82, 2.24) is 9.88 Å². The number of carbonyl (C=O) groups is 2. The van der Waals surface area contributed by atoms with E-state index in [1.807, 2.05) is 19.1 Å². The van der Waals surface area contributed by atoms with Gasteiger partial charge in [-0.2, -0.15) is 0 Å². The minimum atomic E-state index is -0.809. The van der Waals surface area contributed by atoms with Gasteiger partial charge in [0.05, 0.1) is 18.2 Å². The van der Waals surface area contributed by atoms with Gasteiger partial charge in [0.15, 0.2) is 11.5 Å². The average Bonchev–Trinajstić information content (AvgIpc) is 3.14. The lowest BCUT2D eigenvalue weighted by molar-refractivity contribution is -0.140. The predicted octanol–water partition coefficient (Wildman–Crippen LogP) is 3.87. The highest BCUT2D eigenvalue weighted by Gasteiger charge is 2.46. The van der Waals surface area contributed by atoms with Gasteiger partial charge in [0, 0.05) is 24.5 Å². The van der Waals surface area contributed by atoms with Gasteiger partial charge in [-0.1, -0.05) is 12.1 Å². The standard InChI is InChI=1S/C27H24N2O6/c1-2-33-20-5-3-4-18(14-20)24-23(25(30)19-6-7-21-22(15-19)35-13-12-34-21)26(31)27(32)29(24)16-17-8-10-28-11-9-17/h3-11,14-15,24,30H,2,12-13,16H2,1H3/b25-23+/t24-/m0/s1. The number of pyridine rings is 1. The molecular weight excluding hydrogens is 448 g/mol. The summed E-state index contributed by atoms with van der Waals surface area (Å²) in [5, 5.41) is 11.3. The van der Waals surface area contributed by atoms with Crippen molar-refractivity contribution in [2.24, 2.45) is 0 Å². The monoisotopic (exact) mass is 472 g/mol. The zero-order chi connectivity index (χ0) is 24.4. The Balaban J connectivity index is 1.63. The topological polar surface area (TPSA) is 98.2 Å². The number of aromatic nitrogens is 1. The zero-order valence-electron chi connectivity index (χ0n) is 19.1. The molecule has 1 atom stereocenters. The molecule has 35 heavy (non-hydrogen) atoms. The highest BCUT2D eigenvalue weighted by molar-refractivity contribution is 6.46. The van der Waals surface area contributed by atoms with Crippen molar-refractivity contribution in [2.45, 2.75) is 19.5 Å². The van der Waals surface area contributed by atoms with Crippen molar-refractivity contribution in [3.8, 4) is 17.2 Å². The summed E-state index contributed by atoms with van der Waals surface area (Å²) < 4.78 is 16.8. The second-order valence-electron chi connectivity index (χ2n) is 8.15. The van der Waals surface area contributed by atoms with Crippen LogP contribution in [0.2, 0.25) is 0 Å². The molecule has 1 amide bonds. The first-order valence-electron chi connectivity index (χ1n) is 11.4. The molecule has 3 aromatic rings. The van der Waals surface area contributed by atoms with E-state index in [0.29, 0.717) is 48.2 Å². The number of benzene rings is 2. The molecule has 3 heterocycles. The molecule has 1 N–H and O–H groups in total. The third-order valence-electron chi connectivity index (χ3n) is 5.94. The van der Waals surface area contributed by atoms with E-state index in [4.69, 9.17) is 14.2 Å². The van der Waals surface area contributed by atoms with Crippen LogP contribution in [0.15, 0.2) is 72.6 Å². The number of amides is 1. The maximum absolute atomic E-state index is 13.3. The number of carbonyl (C=O) groups excluding carboxylic acids is 2. The fraction of sp³-hybridized carbons (Fsp3) is 0.222. The van der Waals surface area contributed by atoms with Crippen LogP contribution in [0, 0.1) is 0 Å². The summed E-state index contributed by atoms with van der Waals surface area (Å²) in [6, 6.07) is 14.9. The van der Waals surface area contributed by atoms with Crippen LogP contribution in [0.5, 0.6) is 17.2 Å². The van der Waals surface area contributed by atoms with Crippen LogP contribution in [-0.2, 0) is 16.1 Å². The number of likely N-dealkylation sites (tertiary alicyclic amines) is 1. The van der Waals surface area contributed by atoms with Crippen LogP contribution in [0.25, 0.3) is 5.76 Å². The number of aliphatic hydroxyl groups excluding tert-OH is 1. The molecule has 2 aromatic carbocycles. The molecule has 178 valence electrons. The van der Waals surface area contributed by atoms with E-state index in [1.165, 1.54) is 4.90 Å². The van der Waals surface area contributed by atoms with E-state index in [1.54, 1.807) is 54.9 Å². The molecule has 2 aliphatic heterocycles. The number of nitrogens with zero attached hydrogens (tertiary/aromatic N) is 2. The van der Waals surface area contributed by atoms with Gasteiger partial charge in [0.25, 0.3) is 11.7 Å². The first kappa shape index (κ1) is 22.5. The van der Waals surface area contributed by atoms with Crippen LogP contribution in [0.3, 0.4) is 0 Å². The van der Waals surface area contributed by atoms with E-state index >= 15 is 0 Å². The summed E-state index contributed by atoms with van der Waals surface area (Å²) in [6.07, 6.45) is 3.26. The zero-order valence-corrected chi connectivity index (χ0v) is 19.1. The molecule has 0 radical (unpaired) electrons. The Hall–Kier alpha value is -4.33. The van der Waals surface area contributed by atoms with Crippen molar-refractivity contribution >= 4 is 17.4 Å². The molecule has 0 aliphatic carbocycles. The number of hydrogen-bond acceptors (Lipinski definition) is 7. The molecule has 0 spiro atoms. The van der Waals surface area contributed by atoms with Crippen LogP contribution in [0.4, 0.5) is 0 Å². The number of ether oxygens (including phenoxy) is 3. The first-order valence-corrected chi connectivity index (χ1v) is 11.4. The van der Waals surface area contributed by atoms with E-state index < -0.39 is 17.7 Å². The number of aliphatic hydroxyl groups is 1. The summed E-state index contributed by atoms with van der Waals surface area (Å²) in [6.45, 7) is 3.35. The molecule has 1 fully saturated rings. The minimum Gasteiger partial charge on any atom is -0.507 e. The SMILES string of the molecule is CCOc1cccc([C@H]2/C(=C(\O)c3ccc4c(c3)OCCO4)C(=O)C(=O)N2Cc2ccncc2)c1. The lowest BCUT2D eigenvalue weighted by Crippen LogP contribution is -2.29. The summed E-state index contributed by atoms with van der Waals surface area (Å²) in [5.41, 5.74) is 1.84. The van der Waals surface area contributed by atoms with Crippen molar-refractivity contribution in [3.05, 3.63) is 89.3 Å². The smallest absolute Gasteiger partial charge is 0.295 e. The van der Waals surface area contributed by atoms with Gasteiger partial charge in [-0.3, -0.25) is 14.6 Å². The lowest BCUT2D eigenvalue weighted by atomic mass is 9.95. The van der Waals surface area contributed by atoms with Crippen molar-refractivity contribution < 1.29 is 28.9 Å². The van der Waals surface area contributed by atoms with Gasteiger partial charge < -0.3 is 24.2 Å². The summed E-state index contributed by atoms with van der Waals surface area (Å²) >= 11 is 0. The molecule has 2 aliphatic rings. The Bertz CT molecular complexity index is 1300. The third kappa shape index (κ3) is 4.30. The molecule has 8 nitrogen and oxygen atoms in total. The molecular formula is C27H24N2O6. The van der Waals surface area contributed by atoms with Crippen LogP contribution in [-0.4, -0.2) is 46.5 Å². The lowest BCUT2D eigenvalue weighted by Gasteiger charge is -2.26. The molecule has 0 unspecified atom stereocenters.